The van der Waals surface area contributed by atoms with Crippen LogP contribution in [0.3, 0.4) is 0 Å². The van der Waals surface area contributed by atoms with Crippen molar-refractivity contribution in [1.82, 2.24) is 15.0 Å². The van der Waals surface area contributed by atoms with Gasteiger partial charge < -0.3 is 14.7 Å². The third kappa shape index (κ3) is 5.79. The van der Waals surface area contributed by atoms with Crippen molar-refractivity contribution in [2.75, 3.05) is 32.7 Å². The highest BCUT2D eigenvalue weighted by Crippen LogP contribution is 2.35. The molecule has 2 aromatic heterocycles. The molecule has 0 aromatic carbocycles. The lowest BCUT2D eigenvalue weighted by Crippen LogP contribution is -2.24. The van der Waals surface area contributed by atoms with Gasteiger partial charge in [0.05, 0.1) is 24.1 Å². The molecule has 0 aliphatic carbocycles. The molecule has 3 rings (SSSR count). The first-order valence-corrected chi connectivity index (χ1v) is 10.7. The summed E-state index contributed by atoms with van der Waals surface area (Å²) in [7, 11) is 4.70. The van der Waals surface area contributed by atoms with E-state index in [4.69, 9.17) is 19.8 Å². The fraction of sp³-hybridized carbons (Fsp3) is 0.542. The summed E-state index contributed by atoms with van der Waals surface area (Å²) in [5, 5.41) is 7.00. The van der Waals surface area contributed by atoms with E-state index in [1.807, 2.05) is 26.1 Å². The number of aliphatic hydroxyl groups is 1. The summed E-state index contributed by atoms with van der Waals surface area (Å²) in [6.45, 7) is 13.5. The lowest BCUT2D eigenvalue weighted by Gasteiger charge is -2.26. The van der Waals surface area contributed by atoms with Crippen LogP contribution in [0, 0.1) is 6.92 Å². The van der Waals surface area contributed by atoms with Gasteiger partial charge in [-0.3, -0.25) is 0 Å². The smallest absolute Gasteiger partial charge is 0.222 e. The quantitative estimate of drug-likeness (QED) is 0.737. The van der Waals surface area contributed by atoms with Crippen LogP contribution in [0.4, 0.5) is 5.82 Å². The van der Waals surface area contributed by atoms with Crippen molar-refractivity contribution < 1.29 is 9.84 Å². The molecule has 0 saturated carbocycles. The van der Waals surface area contributed by atoms with E-state index in [1.165, 1.54) is 12.0 Å². The van der Waals surface area contributed by atoms with Crippen molar-refractivity contribution in [2.24, 2.45) is 0 Å². The molecule has 0 saturated heterocycles. The van der Waals surface area contributed by atoms with E-state index in [0.717, 1.165) is 54.2 Å². The third-order valence-electron chi connectivity index (χ3n) is 4.63. The first-order chi connectivity index (χ1) is 14.4. The van der Waals surface area contributed by atoms with Crippen LogP contribution in [0.25, 0.3) is 16.8 Å². The fourth-order valence-electron chi connectivity index (χ4n) is 3.10. The predicted octanol–water partition coefficient (Wildman–Crippen LogP) is 5.25. The normalized spacial score (nSPS) is 12.2. The van der Waals surface area contributed by atoms with Crippen LogP contribution < -0.4 is 9.64 Å². The van der Waals surface area contributed by atoms with Crippen molar-refractivity contribution in [3.8, 4) is 17.1 Å². The van der Waals surface area contributed by atoms with Crippen LogP contribution in [0.1, 0.15) is 70.5 Å². The van der Waals surface area contributed by atoms with Crippen LogP contribution in [0.5, 0.6) is 5.88 Å². The molecule has 6 nitrogen and oxygen atoms in total. The second-order valence-electron chi connectivity index (χ2n) is 7.45. The zero-order valence-corrected chi connectivity index (χ0v) is 20.1. The molecule has 6 heteroatoms. The van der Waals surface area contributed by atoms with Crippen molar-refractivity contribution >= 4 is 11.4 Å². The van der Waals surface area contributed by atoms with Crippen LogP contribution in [-0.4, -0.2) is 47.9 Å². The highest BCUT2D eigenvalue weighted by molar-refractivity contribution is 5.78. The zero-order valence-electron chi connectivity index (χ0n) is 20.1. The first-order valence-electron chi connectivity index (χ1n) is 10.7. The fourth-order valence-corrected chi connectivity index (χ4v) is 3.10. The SMILES string of the molecule is CCC.CCC1=CCN(C)c2nc(-c3ccc(C(C)C)nc3OC)c(C)nc21.CO. The molecule has 0 amide bonds. The lowest BCUT2D eigenvalue weighted by atomic mass is 10.0. The molecule has 0 fully saturated rings. The topological polar surface area (TPSA) is 71.4 Å². The van der Waals surface area contributed by atoms with E-state index in [9.17, 15) is 0 Å². The molecule has 0 atom stereocenters. The van der Waals surface area contributed by atoms with E-state index < -0.39 is 0 Å². The number of pyridine rings is 1. The second-order valence-corrected chi connectivity index (χ2v) is 7.45. The van der Waals surface area contributed by atoms with Crippen LogP contribution in [0.15, 0.2) is 18.2 Å². The maximum Gasteiger partial charge on any atom is 0.222 e. The number of aromatic nitrogens is 3. The molecule has 1 N–H and O–H groups in total. The molecule has 0 spiro atoms. The average molecular weight is 415 g/mol. The zero-order chi connectivity index (χ0) is 22.8. The Hall–Kier alpha value is -2.47. The Balaban J connectivity index is 0.000000826. The summed E-state index contributed by atoms with van der Waals surface area (Å²) in [5.41, 5.74) is 5.88. The Kier molecular flexibility index (Phi) is 10.5. The van der Waals surface area contributed by atoms with Gasteiger partial charge >= 0.3 is 0 Å². The molecule has 166 valence electrons. The minimum absolute atomic E-state index is 0.349. The highest BCUT2D eigenvalue weighted by Gasteiger charge is 2.23. The number of rotatable bonds is 4. The van der Waals surface area contributed by atoms with Gasteiger partial charge in [-0.05, 0) is 37.0 Å². The summed E-state index contributed by atoms with van der Waals surface area (Å²) in [5.74, 6) is 1.88. The number of nitrogens with zero attached hydrogens (tertiary/aromatic N) is 4. The number of hydrogen-bond acceptors (Lipinski definition) is 6. The van der Waals surface area contributed by atoms with E-state index in [0.29, 0.717) is 11.8 Å². The summed E-state index contributed by atoms with van der Waals surface area (Å²) in [4.78, 5) is 16.6. The molecular weight excluding hydrogens is 376 g/mol. The standard InChI is InChI=1S/C20H26N4O.C3H8.CH4O/c1-7-14-10-11-24(5)19-18(14)21-13(4)17(23-19)15-8-9-16(12(2)3)22-20(15)25-6;1-3-2;1-2/h8-10,12H,7,11H2,1-6H3;3H2,1-2H3;2H,1H3. The van der Waals surface area contributed by atoms with Gasteiger partial charge in [-0.2, -0.15) is 0 Å². The molecule has 0 bridgehead atoms. The average Bonchev–Trinajstić information content (AvgIpc) is 2.75. The molecule has 2 aromatic rings. The molecule has 3 heterocycles. The van der Waals surface area contributed by atoms with E-state index in [-0.39, 0.29) is 0 Å². The predicted molar refractivity (Wildman–Crippen MR) is 126 cm³/mol. The van der Waals surface area contributed by atoms with Crippen LogP contribution in [-0.2, 0) is 0 Å². The van der Waals surface area contributed by atoms with E-state index in [2.05, 4.69) is 50.6 Å². The summed E-state index contributed by atoms with van der Waals surface area (Å²) < 4.78 is 5.55. The molecule has 1 aliphatic heterocycles. The summed E-state index contributed by atoms with van der Waals surface area (Å²) in [6.07, 6.45) is 4.44. The summed E-state index contributed by atoms with van der Waals surface area (Å²) >= 11 is 0. The number of ether oxygens (including phenoxy) is 1. The Morgan fingerprint density at radius 3 is 2.23 bits per heavy atom. The minimum atomic E-state index is 0.349. The number of aliphatic hydroxyl groups excluding tert-OH is 1. The van der Waals surface area contributed by atoms with Gasteiger partial charge in [0, 0.05) is 26.4 Å². The number of allylic oxidation sites excluding steroid dienone is 1. The van der Waals surface area contributed by atoms with Gasteiger partial charge in [0.15, 0.2) is 5.82 Å². The van der Waals surface area contributed by atoms with Crippen molar-refractivity contribution in [3.63, 3.8) is 0 Å². The number of aryl methyl sites for hydroxylation is 1. The Morgan fingerprint density at radius 2 is 1.70 bits per heavy atom. The van der Waals surface area contributed by atoms with Gasteiger partial charge in [0.1, 0.15) is 5.69 Å². The molecular formula is C24H38N4O2. The van der Waals surface area contributed by atoms with Crippen LogP contribution >= 0.6 is 0 Å². The number of methoxy groups -OCH3 is 1. The molecule has 0 unspecified atom stereocenters. The maximum absolute atomic E-state index is 7.00. The first kappa shape index (κ1) is 25.6. The number of anilines is 1. The molecule has 0 radical (unpaired) electrons. The molecule has 1 aliphatic rings. The largest absolute Gasteiger partial charge is 0.480 e. The van der Waals surface area contributed by atoms with Crippen molar-refractivity contribution in [1.29, 1.82) is 0 Å². The van der Waals surface area contributed by atoms with E-state index in [1.54, 1.807) is 7.11 Å². The van der Waals surface area contributed by atoms with Gasteiger partial charge in [-0.1, -0.05) is 47.1 Å². The Labute approximate surface area is 182 Å². The van der Waals surface area contributed by atoms with Gasteiger partial charge in [-0.25, -0.2) is 15.0 Å². The third-order valence-corrected chi connectivity index (χ3v) is 4.63. The van der Waals surface area contributed by atoms with Gasteiger partial charge in [0.25, 0.3) is 0 Å². The second kappa shape index (κ2) is 12.3. The van der Waals surface area contributed by atoms with Gasteiger partial charge in [-0.15, -0.1) is 0 Å². The van der Waals surface area contributed by atoms with Crippen molar-refractivity contribution in [2.45, 2.75) is 60.3 Å². The Bertz CT molecular complexity index is 847. The van der Waals surface area contributed by atoms with Crippen molar-refractivity contribution in [3.05, 3.63) is 35.3 Å². The van der Waals surface area contributed by atoms with Gasteiger partial charge in [0.2, 0.25) is 5.88 Å². The molecule has 30 heavy (non-hydrogen) atoms. The lowest BCUT2D eigenvalue weighted by molar-refractivity contribution is 0.397. The number of hydrogen-bond donors (Lipinski definition) is 1. The van der Waals surface area contributed by atoms with Crippen LogP contribution in [0.2, 0.25) is 0 Å². The summed E-state index contributed by atoms with van der Waals surface area (Å²) in [6, 6.07) is 4.09. The Morgan fingerprint density at radius 1 is 1.07 bits per heavy atom. The van der Waals surface area contributed by atoms with E-state index >= 15 is 0 Å². The minimum Gasteiger partial charge on any atom is -0.480 e. The monoisotopic (exact) mass is 414 g/mol. The maximum atomic E-state index is 7.00. The number of fused-ring (bicyclic) bond motifs is 1. The highest BCUT2D eigenvalue weighted by atomic mass is 16.5. The number of likely N-dealkylation sites (N-methyl/N-ethyl adjacent to an activating group) is 1.